The van der Waals surface area contributed by atoms with Crippen molar-refractivity contribution in [2.45, 2.75) is 26.8 Å². The summed E-state index contributed by atoms with van der Waals surface area (Å²) in [6.45, 7) is 7.14. The summed E-state index contributed by atoms with van der Waals surface area (Å²) in [7, 11) is 0. The van der Waals surface area contributed by atoms with E-state index < -0.39 is 0 Å². The summed E-state index contributed by atoms with van der Waals surface area (Å²) in [5.41, 5.74) is 0.147. The Kier molecular flexibility index (Phi) is 2.10. The van der Waals surface area contributed by atoms with Gasteiger partial charge in [0.1, 0.15) is 6.61 Å². The summed E-state index contributed by atoms with van der Waals surface area (Å²) < 4.78 is 10.7. The minimum Gasteiger partial charge on any atom is -0.473 e. The average molecular weight is 193 g/mol. The van der Waals surface area contributed by atoms with E-state index in [9.17, 15) is 0 Å². The first kappa shape index (κ1) is 9.31. The molecule has 3 nitrogen and oxygen atoms in total. The average Bonchev–Trinajstić information content (AvgIpc) is 2.73. The highest BCUT2D eigenvalue weighted by Crippen LogP contribution is 2.27. The van der Waals surface area contributed by atoms with Crippen LogP contribution < -0.4 is 0 Å². The van der Waals surface area contributed by atoms with Gasteiger partial charge in [-0.3, -0.25) is 0 Å². The van der Waals surface area contributed by atoms with Gasteiger partial charge in [0.2, 0.25) is 0 Å². The summed E-state index contributed by atoms with van der Waals surface area (Å²) in [5, 5.41) is 0. The molecular weight excluding hydrogens is 178 g/mol. The smallest absolute Gasteiger partial charge is 0.253 e. The minimum atomic E-state index is 0.147. The Morgan fingerprint density at radius 1 is 1.43 bits per heavy atom. The van der Waals surface area contributed by atoms with Crippen LogP contribution in [0.5, 0.6) is 0 Å². The van der Waals surface area contributed by atoms with E-state index in [1.807, 2.05) is 12.1 Å². The second-order valence-electron chi connectivity index (χ2n) is 4.60. The molecule has 1 aromatic heterocycles. The molecule has 76 valence electrons. The maximum absolute atomic E-state index is 5.49. The zero-order chi connectivity index (χ0) is 10.2. The molecule has 0 N–H and O–H groups in total. The third kappa shape index (κ3) is 1.67. The second kappa shape index (κ2) is 3.15. The van der Waals surface area contributed by atoms with Crippen LogP contribution in [0.15, 0.2) is 27.8 Å². The molecule has 1 aromatic rings. The lowest BCUT2D eigenvalue weighted by Gasteiger charge is -2.21. The highest BCUT2D eigenvalue weighted by Gasteiger charge is 2.31. The summed E-state index contributed by atoms with van der Waals surface area (Å²) in [6, 6.07) is 3.93. The molecule has 0 radical (unpaired) electrons. The standard InChI is InChI=1S/C11H15NO2/c1-11(2,3)9-7-14-10(12-9)8-5-4-6-13-8/h4-6,9H,7H2,1-3H3/t9-/m1/s1. The van der Waals surface area contributed by atoms with Gasteiger partial charge in [-0.05, 0) is 17.5 Å². The molecule has 0 aliphatic carbocycles. The molecule has 0 aromatic carbocycles. The van der Waals surface area contributed by atoms with Crippen LogP contribution >= 0.6 is 0 Å². The Labute approximate surface area is 83.8 Å². The van der Waals surface area contributed by atoms with Gasteiger partial charge in [0.25, 0.3) is 5.90 Å². The van der Waals surface area contributed by atoms with Crippen LogP contribution in [-0.2, 0) is 4.74 Å². The topological polar surface area (TPSA) is 34.7 Å². The molecule has 3 heteroatoms. The predicted octanol–water partition coefficient (Wildman–Crippen LogP) is 2.47. The van der Waals surface area contributed by atoms with Crippen LogP contribution in [0.1, 0.15) is 26.5 Å². The van der Waals surface area contributed by atoms with Crippen LogP contribution in [0.2, 0.25) is 0 Å². The zero-order valence-electron chi connectivity index (χ0n) is 8.78. The van der Waals surface area contributed by atoms with Crippen molar-refractivity contribution in [1.29, 1.82) is 0 Å². The highest BCUT2D eigenvalue weighted by atomic mass is 16.5. The van der Waals surface area contributed by atoms with E-state index in [0.717, 1.165) is 5.76 Å². The van der Waals surface area contributed by atoms with Crippen molar-refractivity contribution >= 4 is 5.90 Å². The van der Waals surface area contributed by atoms with Gasteiger partial charge < -0.3 is 9.15 Å². The van der Waals surface area contributed by atoms with Crippen LogP contribution in [0.3, 0.4) is 0 Å². The van der Waals surface area contributed by atoms with E-state index in [2.05, 4.69) is 25.8 Å². The van der Waals surface area contributed by atoms with E-state index in [4.69, 9.17) is 9.15 Å². The molecule has 0 unspecified atom stereocenters. The fourth-order valence-corrected chi connectivity index (χ4v) is 1.35. The van der Waals surface area contributed by atoms with Crippen LogP contribution in [0.25, 0.3) is 0 Å². The number of rotatable bonds is 1. The largest absolute Gasteiger partial charge is 0.473 e. The molecule has 0 saturated carbocycles. The van der Waals surface area contributed by atoms with Crippen molar-refractivity contribution in [2.24, 2.45) is 10.4 Å². The van der Waals surface area contributed by atoms with Crippen molar-refractivity contribution in [3.05, 3.63) is 24.2 Å². The van der Waals surface area contributed by atoms with E-state index in [0.29, 0.717) is 12.5 Å². The van der Waals surface area contributed by atoms with Crippen molar-refractivity contribution in [2.75, 3.05) is 6.61 Å². The van der Waals surface area contributed by atoms with Gasteiger partial charge >= 0.3 is 0 Å². The van der Waals surface area contributed by atoms with E-state index >= 15 is 0 Å². The number of hydrogen-bond acceptors (Lipinski definition) is 3. The van der Waals surface area contributed by atoms with Gasteiger partial charge in [-0.1, -0.05) is 20.8 Å². The summed E-state index contributed by atoms with van der Waals surface area (Å²) in [4.78, 5) is 4.50. The highest BCUT2D eigenvalue weighted by molar-refractivity contribution is 5.92. The first-order valence-electron chi connectivity index (χ1n) is 4.82. The SMILES string of the molecule is CC(C)(C)[C@H]1COC(c2ccco2)=N1. The van der Waals surface area contributed by atoms with E-state index in [1.54, 1.807) is 6.26 Å². The van der Waals surface area contributed by atoms with Gasteiger partial charge in [0, 0.05) is 0 Å². The first-order chi connectivity index (χ1) is 6.57. The fraction of sp³-hybridized carbons (Fsp3) is 0.545. The Morgan fingerprint density at radius 3 is 2.71 bits per heavy atom. The predicted molar refractivity (Wildman–Crippen MR) is 54.4 cm³/mol. The Hall–Kier alpha value is -1.25. The third-order valence-corrected chi connectivity index (χ3v) is 2.38. The van der Waals surface area contributed by atoms with Gasteiger partial charge in [-0.15, -0.1) is 0 Å². The lowest BCUT2D eigenvalue weighted by Crippen LogP contribution is -2.25. The van der Waals surface area contributed by atoms with Gasteiger partial charge in [-0.2, -0.15) is 0 Å². The molecule has 0 fully saturated rings. The van der Waals surface area contributed by atoms with Gasteiger partial charge in [-0.25, -0.2) is 4.99 Å². The number of hydrogen-bond donors (Lipinski definition) is 0. The Bertz CT molecular complexity index is 333. The maximum atomic E-state index is 5.49. The Morgan fingerprint density at radius 2 is 2.21 bits per heavy atom. The molecule has 14 heavy (non-hydrogen) atoms. The lowest BCUT2D eigenvalue weighted by molar-refractivity contribution is 0.234. The zero-order valence-corrected chi connectivity index (χ0v) is 8.78. The normalized spacial score (nSPS) is 21.9. The second-order valence-corrected chi connectivity index (χ2v) is 4.60. The van der Waals surface area contributed by atoms with Gasteiger partial charge in [0.05, 0.1) is 12.3 Å². The molecular formula is C11H15NO2. The number of nitrogens with zero attached hydrogens (tertiary/aromatic N) is 1. The number of aliphatic imine (C=N–C) groups is 1. The van der Waals surface area contributed by atoms with Crippen molar-refractivity contribution < 1.29 is 9.15 Å². The number of ether oxygens (including phenoxy) is 1. The summed E-state index contributed by atoms with van der Waals surface area (Å²) in [6.07, 6.45) is 1.63. The molecule has 2 rings (SSSR count). The molecule has 0 saturated heterocycles. The summed E-state index contributed by atoms with van der Waals surface area (Å²) in [5.74, 6) is 1.35. The Balaban J connectivity index is 2.18. The molecule has 0 spiro atoms. The third-order valence-electron chi connectivity index (χ3n) is 2.38. The molecule has 1 aliphatic rings. The quantitative estimate of drug-likeness (QED) is 0.686. The van der Waals surface area contributed by atoms with E-state index in [-0.39, 0.29) is 11.5 Å². The van der Waals surface area contributed by atoms with Crippen molar-refractivity contribution in [3.63, 3.8) is 0 Å². The maximum Gasteiger partial charge on any atom is 0.253 e. The summed E-state index contributed by atoms with van der Waals surface area (Å²) >= 11 is 0. The molecule has 1 atom stereocenters. The number of furan rings is 1. The fourth-order valence-electron chi connectivity index (χ4n) is 1.35. The van der Waals surface area contributed by atoms with Crippen LogP contribution in [-0.4, -0.2) is 18.5 Å². The lowest BCUT2D eigenvalue weighted by atomic mass is 9.88. The van der Waals surface area contributed by atoms with E-state index in [1.165, 1.54) is 0 Å². The molecule has 2 heterocycles. The monoisotopic (exact) mass is 193 g/mol. The van der Waals surface area contributed by atoms with Gasteiger partial charge in [0.15, 0.2) is 5.76 Å². The van der Waals surface area contributed by atoms with Crippen molar-refractivity contribution in [1.82, 2.24) is 0 Å². The molecule has 0 bridgehead atoms. The minimum absolute atomic E-state index is 0.147. The van der Waals surface area contributed by atoms with Crippen molar-refractivity contribution in [3.8, 4) is 0 Å². The first-order valence-corrected chi connectivity index (χ1v) is 4.82. The molecule has 0 amide bonds. The van der Waals surface area contributed by atoms with Crippen LogP contribution in [0, 0.1) is 5.41 Å². The molecule has 1 aliphatic heterocycles. The van der Waals surface area contributed by atoms with Crippen LogP contribution in [0.4, 0.5) is 0 Å².